The summed E-state index contributed by atoms with van der Waals surface area (Å²) in [6, 6.07) is 7.63. The number of carbonyl (C=O) groups excluding carboxylic acids is 1. The predicted octanol–water partition coefficient (Wildman–Crippen LogP) is 0.458. The second-order valence-electron chi connectivity index (χ2n) is 5.25. The third kappa shape index (κ3) is 4.21. The number of carbonyl (C=O) groups is 1. The molecule has 0 spiro atoms. The van der Waals surface area contributed by atoms with Gasteiger partial charge in [0.15, 0.2) is 0 Å². The Kier molecular flexibility index (Phi) is 5.82. The number of hydrogen-bond acceptors (Lipinski definition) is 7. The molecule has 1 aliphatic rings. The SMILES string of the molecule is CC(=O)OC[C@H]1O[C@@H](Sc2ccc(C)cc2)[C@H](O)[C@@H](O)[C@@H]1O. The lowest BCUT2D eigenvalue weighted by Crippen LogP contribution is -2.57. The first kappa shape index (κ1) is 17.2. The molecule has 1 heterocycles. The van der Waals surface area contributed by atoms with Crippen molar-refractivity contribution >= 4 is 17.7 Å². The normalized spacial score (nSPS) is 31.8. The minimum atomic E-state index is -1.36. The van der Waals surface area contributed by atoms with Crippen LogP contribution < -0.4 is 0 Å². The lowest BCUT2D eigenvalue weighted by atomic mass is 10.0. The molecule has 1 fully saturated rings. The molecule has 0 bridgehead atoms. The zero-order valence-electron chi connectivity index (χ0n) is 12.4. The van der Waals surface area contributed by atoms with Crippen molar-refractivity contribution in [2.45, 2.75) is 48.6 Å². The average molecular weight is 328 g/mol. The number of thioether (sulfide) groups is 1. The van der Waals surface area contributed by atoms with E-state index in [0.29, 0.717) is 0 Å². The van der Waals surface area contributed by atoms with Gasteiger partial charge in [0.25, 0.3) is 0 Å². The van der Waals surface area contributed by atoms with Crippen molar-refractivity contribution in [2.75, 3.05) is 6.61 Å². The predicted molar refractivity (Wildman–Crippen MR) is 80.4 cm³/mol. The van der Waals surface area contributed by atoms with Gasteiger partial charge in [0.05, 0.1) is 0 Å². The highest BCUT2D eigenvalue weighted by atomic mass is 32.2. The van der Waals surface area contributed by atoms with Gasteiger partial charge in [0.2, 0.25) is 0 Å². The van der Waals surface area contributed by atoms with Gasteiger partial charge in [0, 0.05) is 11.8 Å². The van der Waals surface area contributed by atoms with E-state index in [1.807, 2.05) is 31.2 Å². The van der Waals surface area contributed by atoms with Gasteiger partial charge in [-0.2, -0.15) is 0 Å². The molecule has 0 saturated carbocycles. The van der Waals surface area contributed by atoms with Crippen molar-refractivity contribution in [1.29, 1.82) is 0 Å². The van der Waals surface area contributed by atoms with E-state index in [-0.39, 0.29) is 6.61 Å². The number of hydrogen-bond donors (Lipinski definition) is 3. The van der Waals surface area contributed by atoms with Crippen LogP contribution in [0.15, 0.2) is 29.2 Å². The summed E-state index contributed by atoms with van der Waals surface area (Å²) in [5.41, 5.74) is 0.347. The Balaban J connectivity index is 2.05. The number of ether oxygens (including phenoxy) is 2. The molecule has 0 amide bonds. The van der Waals surface area contributed by atoms with Crippen LogP contribution in [-0.4, -0.2) is 57.7 Å². The highest BCUT2D eigenvalue weighted by Gasteiger charge is 2.44. The molecule has 5 atom stereocenters. The number of esters is 1. The Labute approximate surface area is 133 Å². The number of aliphatic hydroxyl groups excluding tert-OH is 3. The highest BCUT2D eigenvalue weighted by Crippen LogP contribution is 2.33. The summed E-state index contributed by atoms with van der Waals surface area (Å²) >= 11 is 1.24. The first-order chi connectivity index (χ1) is 10.4. The topological polar surface area (TPSA) is 96.2 Å². The molecular formula is C15H20O6S. The van der Waals surface area contributed by atoms with E-state index in [2.05, 4.69) is 0 Å². The lowest BCUT2D eigenvalue weighted by molar-refractivity contribution is -0.210. The van der Waals surface area contributed by atoms with Gasteiger partial charge in [-0.3, -0.25) is 4.79 Å². The first-order valence-electron chi connectivity index (χ1n) is 6.95. The summed E-state index contributed by atoms with van der Waals surface area (Å²) in [6.07, 6.45) is -4.80. The molecule has 22 heavy (non-hydrogen) atoms. The Morgan fingerprint density at radius 2 is 1.82 bits per heavy atom. The van der Waals surface area contributed by atoms with Gasteiger partial charge in [-0.15, -0.1) is 0 Å². The van der Waals surface area contributed by atoms with Gasteiger partial charge in [-0.05, 0) is 19.1 Å². The summed E-state index contributed by atoms with van der Waals surface area (Å²) in [5.74, 6) is -0.501. The fourth-order valence-corrected chi connectivity index (χ4v) is 3.16. The van der Waals surface area contributed by atoms with Gasteiger partial charge in [0.1, 0.15) is 36.5 Å². The average Bonchev–Trinajstić information content (AvgIpc) is 2.48. The Bertz CT molecular complexity index is 505. The van der Waals surface area contributed by atoms with Crippen molar-refractivity contribution in [3.05, 3.63) is 29.8 Å². The van der Waals surface area contributed by atoms with Crippen LogP contribution in [0.4, 0.5) is 0 Å². The van der Waals surface area contributed by atoms with Gasteiger partial charge in [-0.25, -0.2) is 0 Å². The maximum Gasteiger partial charge on any atom is 0.302 e. The number of aliphatic hydroxyl groups is 3. The lowest BCUT2D eigenvalue weighted by Gasteiger charge is -2.39. The summed E-state index contributed by atoms with van der Waals surface area (Å²) in [6.45, 7) is 3.04. The van der Waals surface area contributed by atoms with Crippen LogP contribution in [-0.2, 0) is 14.3 Å². The molecule has 1 aromatic rings. The molecule has 1 aromatic carbocycles. The van der Waals surface area contributed by atoms with Crippen molar-refractivity contribution in [3.8, 4) is 0 Å². The van der Waals surface area contributed by atoms with E-state index in [4.69, 9.17) is 9.47 Å². The fourth-order valence-electron chi connectivity index (χ4n) is 2.10. The van der Waals surface area contributed by atoms with Crippen LogP contribution in [0.25, 0.3) is 0 Å². The molecule has 7 heteroatoms. The van der Waals surface area contributed by atoms with Crippen LogP contribution in [0, 0.1) is 6.92 Å². The number of rotatable bonds is 4. The van der Waals surface area contributed by atoms with Crippen molar-refractivity contribution in [3.63, 3.8) is 0 Å². The summed E-state index contributed by atoms with van der Waals surface area (Å²) < 4.78 is 10.4. The largest absolute Gasteiger partial charge is 0.463 e. The molecule has 1 aliphatic heterocycles. The quantitative estimate of drug-likeness (QED) is 0.691. The Morgan fingerprint density at radius 1 is 1.18 bits per heavy atom. The molecule has 2 rings (SSSR count). The van der Waals surface area contributed by atoms with Crippen LogP contribution >= 0.6 is 11.8 Å². The second-order valence-corrected chi connectivity index (χ2v) is 6.42. The van der Waals surface area contributed by atoms with E-state index in [9.17, 15) is 20.1 Å². The minimum Gasteiger partial charge on any atom is -0.463 e. The Morgan fingerprint density at radius 3 is 2.41 bits per heavy atom. The molecule has 3 N–H and O–H groups in total. The van der Waals surface area contributed by atoms with Crippen LogP contribution in [0.2, 0.25) is 0 Å². The molecule has 0 aliphatic carbocycles. The zero-order valence-corrected chi connectivity index (χ0v) is 13.2. The Hall–Kier alpha value is -1.12. The van der Waals surface area contributed by atoms with E-state index in [1.165, 1.54) is 18.7 Å². The number of aryl methyl sites for hydroxylation is 1. The van der Waals surface area contributed by atoms with Gasteiger partial charge >= 0.3 is 5.97 Å². The molecule has 6 nitrogen and oxygen atoms in total. The highest BCUT2D eigenvalue weighted by molar-refractivity contribution is 7.99. The molecule has 0 aromatic heterocycles. The zero-order chi connectivity index (χ0) is 16.3. The number of benzene rings is 1. The monoisotopic (exact) mass is 328 g/mol. The molecular weight excluding hydrogens is 308 g/mol. The van der Waals surface area contributed by atoms with E-state index in [1.54, 1.807) is 0 Å². The van der Waals surface area contributed by atoms with Crippen molar-refractivity contribution in [1.82, 2.24) is 0 Å². The smallest absolute Gasteiger partial charge is 0.302 e. The fraction of sp³-hybridized carbons (Fsp3) is 0.533. The van der Waals surface area contributed by atoms with Crippen molar-refractivity contribution in [2.24, 2.45) is 0 Å². The van der Waals surface area contributed by atoms with Crippen molar-refractivity contribution < 1.29 is 29.6 Å². The third-order valence-electron chi connectivity index (χ3n) is 3.39. The van der Waals surface area contributed by atoms with Crippen LogP contribution in [0.3, 0.4) is 0 Å². The summed E-state index contributed by atoms with van der Waals surface area (Å²) in [7, 11) is 0. The minimum absolute atomic E-state index is 0.175. The standard InChI is InChI=1S/C15H20O6S/c1-8-3-5-10(6-4-8)22-15-14(19)13(18)12(17)11(21-15)7-20-9(2)16/h3-6,11-15,17-19H,7H2,1-2H3/t11-,12-,13+,14-,15+/m1/s1. The third-order valence-corrected chi connectivity index (χ3v) is 4.56. The maximum absolute atomic E-state index is 10.9. The van der Waals surface area contributed by atoms with Crippen LogP contribution in [0.1, 0.15) is 12.5 Å². The van der Waals surface area contributed by atoms with Gasteiger partial charge < -0.3 is 24.8 Å². The summed E-state index contributed by atoms with van der Waals surface area (Å²) in [4.78, 5) is 11.7. The van der Waals surface area contributed by atoms with E-state index in [0.717, 1.165) is 10.5 Å². The molecule has 122 valence electrons. The van der Waals surface area contributed by atoms with Gasteiger partial charge in [-0.1, -0.05) is 29.5 Å². The maximum atomic E-state index is 10.9. The first-order valence-corrected chi connectivity index (χ1v) is 7.83. The second kappa shape index (κ2) is 7.43. The summed E-state index contributed by atoms with van der Waals surface area (Å²) in [5, 5.41) is 29.9. The van der Waals surface area contributed by atoms with E-state index >= 15 is 0 Å². The van der Waals surface area contributed by atoms with E-state index < -0.39 is 35.8 Å². The molecule has 0 unspecified atom stereocenters. The molecule has 0 radical (unpaired) electrons. The van der Waals surface area contributed by atoms with Crippen LogP contribution in [0.5, 0.6) is 0 Å². The molecule has 1 saturated heterocycles.